The van der Waals surface area contributed by atoms with Gasteiger partial charge in [0.25, 0.3) is 0 Å². The number of pyridine rings is 3. The molecular formula is C68H48N8OS. The molecule has 6 heterocycles. The average molecular weight is 1030 g/mol. The van der Waals surface area contributed by atoms with Gasteiger partial charge in [0.15, 0.2) is 11.6 Å². The van der Waals surface area contributed by atoms with E-state index in [0.717, 1.165) is 107 Å². The van der Waals surface area contributed by atoms with Crippen molar-refractivity contribution >= 4 is 11.8 Å². The molecule has 10 heteroatoms. The first-order chi connectivity index (χ1) is 38.6. The van der Waals surface area contributed by atoms with Crippen LogP contribution in [0.25, 0.3) is 89.9 Å². The van der Waals surface area contributed by atoms with Gasteiger partial charge in [-0.05, 0) is 136 Å². The molecule has 0 aliphatic carbocycles. The molecule has 78 heavy (non-hydrogen) atoms. The van der Waals surface area contributed by atoms with Crippen LogP contribution in [-0.2, 0) is 25.7 Å². The van der Waals surface area contributed by atoms with E-state index < -0.39 is 0 Å². The van der Waals surface area contributed by atoms with Crippen LogP contribution in [0.3, 0.4) is 0 Å². The van der Waals surface area contributed by atoms with Crippen molar-refractivity contribution in [1.82, 2.24) is 39.9 Å². The van der Waals surface area contributed by atoms with Crippen LogP contribution in [0.5, 0.6) is 11.5 Å². The molecule has 9 nitrogen and oxygen atoms in total. The van der Waals surface area contributed by atoms with Crippen LogP contribution in [-0.4, -0.2) is 39.9 Å². The molecule has 0 unspecified atom stereocenters. The Morgan fingerprint density at radius 1 is 0.308 bits per heavy atom. The summed E-state index contributed by atoms with van der Waals surface area (Å²) >= 11 is 1.51. The fourth-order valence-corrected chi connectivity index (χ4v) is 10.6. The maximum Gasteiger partial charge on any atom is 0.163 e. The third-order valence-corrected chi connectivity index (χ3v) is 14.7. The SMILES string of the molecule is c1ccc(-c2ccc(-c3cc4cc(c3)-c3cccc(n3)Sc3ccnc(n3)-c3ccc(-c5ccccc5-c5nc(CCc6ccc(-c7ccccn7)cc6)nc(CCc6ccc(-c7ccccn7)cc6)n5)c(c3)O4)cc2)cc1. The van der Waals surface area contributed by atoms with Gasteiger partial charge in [-0.15, -0.1) is 0 Å². The van der Waals surface area contributed by atoms with Crippen molar-refractivity contribution in [3.63, 3.8) is 0 Å². The molecule has 1 aliphatic rings. The largest absolute Gasteiger partial charge is 0.457 e. The average Bonchev–Trinajstić information content (AvgIpc) is 3.53. The van der Waals surface area contributed by atoms with Gasteiger partial charge >= 0.3 is 0 Å². The predicted octanol–water partition coefficient (Wildman–Crippen LogP) is 16.0. The second kappa shape index (κ2) is 21.8. The van der Waals surface area contributed by atoms with Crippen molar-refractivity contribution in [2.45, 2.75) is 35.7 Å². The summed E-state index contributed by atoms with van der Waals surface area (Å²) in [6.45, 7) is 0. The van der Waals surface area contributed by atoms with Crippen molar-refractivity contribution in [2.24, 2.45) is 0 Å². The van der Waals surface area contributed by atoms with Crippen LogP contribution >= 0.6 is 11.8 Å². The first kappa shape index (κ1) is 47.9. The van der Waals surface area contributed by atoms with Crippen LogP contribution < -0.4 is 4.74 Å². The van der Waals surface area contributed by atoms with E-state index in [4.69, 9.17) is 34.6 Å². The summed E-state index contributed by atoms with van der Waals surface area (Å²) in [7, 11) is 0. The van der Waals surface area contributed by atoms with E-state index in [-0.39, 0.29) is 0 Å². The topological polar surface area (TPSA) is 112 Å². The number of aromatic nitrogens is 8. The molecule has 12 aromatic rings. The van der Waals surface area contributed by atoms with Crippen LogP contribution in [0.2, 0.25) is 0 Å². The number of fused-ring (bicyclic) bond motifs is 10. The summed E-state index contributed by atoms with van der Waals surface area (Å²) in [4.78, 5) is 39.7. The number of nitrogens with zero attached hydrogens (tertiary/aromatic N) is 8. The Balaban J connectivity index is 0.889. The molecule has 7 aromatic carbocycles. The van der Waals surface area contributed by atoms with E-state index >= 15 is 0 Å². The molecule has 5 aromatic heterocycles. The molecule has 372 valence electrons. The molecule has 0 atom stereocenters. The van der Waals surface area contributed by atoms with E-state index in [1.807, 2.05) is 91.3 Å². The van der Waals surface area contributed by atoms with Crippen molar-refractivity contribution < 1.29 is 4.74 Å². The molecular weight excluding hydrogens is 977 g/mol. The van der Waals surface area contributed by atoms with E-state index in [1.165, 1.54) is 28.5 Å². The van der Waals surface area contributed by atoms with Crippen molar-refractivity contribution in [3.05, 3.63) is 266 Å². The predicted molar refractivity (Wildman–Crippen MR) is 311 cm³/mol. The van der Waals surface area contributed by atoms with Gasteiger partial charge < -0.3 is 4.74 Å². The number of benzene rings is 7. The minimum absolute atomic E-state index is 0.579. The van der Waals surface area contributed by atoms with E-state index in [2.05, 4.69) is 156 Å². The summed E-state index contributed by atoms with van der Waals surface area (Å²) in [6.07, 6.45) is 8.19. The maximum atomic E-state index is 7.23. The van der Waals surface area contributed by atoms with E-state index in [0.29, 0.717) is 36.0 Å². The van der Waals surface area contributed by atoms with E-state index in [1.54, 1.807) is 6.20 Å². The Bertz CT molecular complexity index is 3960. The third-order valence-electron chi connectivity index (χ3n) is 13.8. The highest BCUT2D eigenvalue weighted by Crippen LogP contribution is 2.43. The minimum atomic E-state index is 0.579. The zero-order chi connectivity index (χ0) is 52.0. The van der Waals surface area contributed by atoms with Crippen molar-refractivity contribution in [1.29, 1.82) is 0 Å². The monoisotopic (exact) mass is 1020 g/mol. The molecule has 0 radical (unpaired) electrons. The number of rotatable bonds is 12. The van der Waals surface area contributed by atoms with Crippen molar-refractivity contribution in [3.8, 4) is 101 Å². The second-order valence-electron chi connectivity index (χ2n) is 19.0. The summed E-state index contributed by atoms with van der Waals surface area (Å²) in [5.74, 6) is 3.91. The molecule has 0 spiro atoms. The number of ether oxygens (including phenoxy) is 1. The number of aryl methyl sites for hydroxylation is 4. The fraction of sp³-hybridized carbons (Fsp3) is 0.0588. The van der Waals surface area contributed by atoms with Gasteiger partial charge in [0.2, 0.25) is 0 Å². The Morgan fingerprint density at radius 3 is 1.54 bits per heavy atom. The van der Waals surface area contributed by atoms with Gasteiger partial charge in [-0.25, -0.2) is 29.9 Å². The van der Waals surface area contributed by atoms with Crippen LogP contribution in [0, 0.1) is 0 Å². The lowest BCUT2D eigenvalue weighted by Gasteiger charge is -2.18. The molecule has 8 bridgehead atoms. The molecule has 0 fully saturated rings. The highest BCUT2D eigenvalue weighted by molar-refractivity contribution is 7.99. The van der Waals surface area contributed by atoms with Crippen LogP contribution in [0.4, 0.5) is 0 Å². The maximum absolute atomic E-state index is 7.23. The zero-order valence-corrected chi connectivity index (χ0v) is 43.1. The van der Waals surface area contributed by atoms with Gasteiger partial charge in [0, 0.05) is 64.8 Å². The highest BCUT2D eigenvalue weighted by atomic mass is 32.2. The Kier molecular flexibility index (Phi) is 13.4. The highest BCUT2D eigenvalue weighted by Gasteiger charge is 2.21. The Morgan fingerprint density at radius 2 is 0.872 bits per heavy atom. The molecule has 1 aliphatic heterocycles. The van der Waals surface area contributed by atoms with E-state index in [9.17, 15) is 0 Å². The molecule has 0 saturated carbocycles. The standard InChI is InChI=1S/C68H48N8OS/c1-2-11-47(12-3-1)48-29-31-49(32-30-48)53-41-54-43-55(42-53)77-62-44-52(67-71-40-37-66(76-67)78-65-18-10-17-61(54)72-65)33-34-57(62)56-13-4-5-14-58(56)68-74-63(35-23-45-19-25-50(26-20-45)59-15-6-8-38-69-59)73-64(75-68)36-24-46-21-27-51(28-22-46)60-16-7-9-39-70-60/h1-22,25-34,37-44H,23-24,35-36H2. The number of hydrogen-bond donors (Lipinski definition) is 0. The summed E-state index contributed by atoms with van der Waals surface area (Å²) < 4.78 is 7.23. The Hall–Kier alpha value is -9.77. The Labute approximate surface area is 457 Å². The third kappa shape index (κ3) is 10.7. The van der Waals surface area contributed by atoms with Gasteiger partial charge in [-0.1, -0.05) is 152 Å². The minimum Gasteiger partial charge on any atom is -0.457 e. The van der Waals surface area contributed by atoms with Gasteiger partial charge in [-0.3, -0.25) is 9.97 Å². The molecule has 0 saturated heterocycles. The fourth-order valence-electron chi connectivity index (χ4n) is 9.82. The smallest absolute Gasteiger partial charge is 0.163 e. The lowest BCUT2D eigenvalue weighted by molar-refractivity contribution is 0.485. The normalized spacial score (nSPS) is 11.6. The second-order valence-corrected chi connectivity index (χ2v) is 20.1. The zero-order valence-electron chi connectivity index (χ0n) is 42.3. The lowest BCUT2D eigenvalue weighted by Crippen LogP contribution is -2.08. The molecule has 13 rings (SSSR count). The van der Waals surface area contributed by atoms with Gasteiger partial charge in [0.1, 0.15) is 33.2 Å². The van der Waals surface area contributed by atoms with Crippen LogP contribution in [0.15, 0.2) is 253 Å². The molecule has 0 N–H and O–H groups in total. The lowest BCUT2D eigenvalue weighted by atomic mass is 9.96. The summed E-state index contributed by atoms with van der Waals surface area (Å²) in [5.41, 5.74) is 16.0. The first-order valence-corrected chi connectivity index (χ1v) is 26.8. The molecule has 0 amide bonds. The van der Waals surface area contributed by atoms with Gasteiger partial charge in [-0.2, -0.15) is 0 Å². The van der Waals surface area contributed by atoms with Gasteiger partial charge in [0.05, 0.1) is 17.1 Å². The summed E-state index contributed by atoms with van der Waals surface area (Å²) in [5, 5.41) is 1.62. The quantitative estimate of drug-likeness (QED) is 0.110. The van der Waals surface area contributed by atoms with Crippen LogP contribution in [0.1, 0.15) is 22.8 Å². The summed E-state index contributed by atoms with van der Waals surface area (Å²) in [6, 6.07) is 77.2. The van der Waals surface area contributed by atoms with Crippen molar-refractivity contribution in [2.75, 3.05) is 0 Å². The number of hydrogen-bond acceptors (Lipinski definition) is 10. The first-order valence-electron chi connectivity index (χ1n) is 26.0.